The van der Waals surface area contributed by atoms with Crippen molar-refractivity contribution in [1.82, 2.24) is 4.98 Å². The molecule has 2 rings (SSSR count). The van der Waals surface area contributed by atoms with Gasteiger partial charge in [-0.1, -0.05) is 15.9 Å². The van der Waals surface area contributed by atoms with Crippen LogP contribution in [0.2, 0.25) is 0 Å². The largest absolute Gasteiger partial charge is 0.477 e. The molecule has 1 heterocycles. The molecule has 0 fully saturated rings. The molecule has 2 aromatic rings. The van der Waals surface area contributed by atoms with Crippen LogP contribution in [0.5, 0.6) is 11.5 Å². The van der Waals surface area contributed by atoms with Crippen LogP contribution in [0.4, 0.5) is 8.78 Å². The number of benzene rings is 1. The Labute approximate surface area is 114 Å². The van der Waals surface area contributed by atoms with E-state index >= 15 is 0 Å². The van der Waals surface area contributed by atoms with E-state index in [9.17, 15) is 13.6 Å². The molecular formula is C12H6BrF2NO3. The Kier molecular flexibility index (Phi) is 3.75. The number of carboxylic acid groups (broad SMARTS) is 1. The molecule has 1 aromatic carbocycles. The zero-order valence-corrected chi connectivity index (χ0v) is 10.8. The second-order valence-corrected chi connectivity index (χ2v) is 4.40. The summed E-state index contributed by atoms with van der Waals surface area (Å²) in [6.45, 7) is 0. The molecule has 0 aliphatic carbocycles. The average Bonchev–Trinajstić information content (AvgIpc) is 2.36. The minimum Gasteiger partial charge on any atom is -0.477 e. The van der Waals surface area contributed by atoms with Gasteiger partial charge in [-0.15, -0.1) is 0 Å². The fourth-order valence-electron chi connectivity index (χ4n) is 1.30. The molecule has 0 amide bonds. The highest BCUT2D eigenvalue weighted by Crippen LogP contribution is 2.29. The molecule has 0 unspecified atom stereocenters. The van der Waals surface area contributed by atoms with E-state index in [-0.39, 0.29) is 17.2 Å². The van der Waals surface area contributed by atoms with Gasteiger partial charge in [0.2, 0.25) is 5.82 Å². The van der Waals surface area contributed by atoms with Gasteiger partial charge in [-0.25, -0.2) is 14.2 Å². The number of rotatable bonds is 3. The number of pyridine rings is 1. The van der Waals surface area contributed by atoms with Crippen molar-refractivity contribution in [3.8, 4) is 11.5 Å². The standard InChI is InChI=1S/C12H6BrF2NO3/c13-6-3-8(14)11(15)10(4-6)19-7-1-2-9(12(17)18)16-5-7/h1-5H,(H,17,18). The SMILES string of the molecule is O=C(O)c1ccc(Oc2cc(Br)cc(F)c2F)cn1. The van der Waals surface area contributed by atoms with E-state index in [0.29, 0.717) is 4.47 Å². The number of hydrogen-bond acceptors (Lipinski definition) is 3. The third-order valence-corrected chi connectivity index (χ3v) is 2.60. The van der Waals surface area contributed by atoms with Gasteiger partial charge < -0.3 is 9.84 Å². The zero-order valence-electron chi connectivity index (χ0n) is 9.23. The Morgan fingerprint density at radius 3 is 2.63 bits per heavy atom. The Bertz CT molecular complexity index is 632. The molecule has 98 valence electrons. The second-order valence-electron chi connectivity index (χ2n) is 3.49. The first kappa shape index (κ1) is 13.4. The summed E-state index contributed by atoms with van der Waals surface area (Å²) in [4.78, 5) is 14.2. The molecule has 0 atom stereocenters. The highest BCUT2D eigenvalue weighted by atomic mass is 79.9. The summed E-state index contributed by atoms with van der Waals surface area (Å²) in [6, 6.07) is 4.72. The lowest BCUT2D eigenvalue weighted by Crippen LogP contribution is -1.99. The van der Waals surface area contributed by atoms with Crippen LogP contribution < -0.4 is 4.74 Å². The number of aromatic nitrogens is 1. The minimum absolute atomic E-state index is 0.0985. The minimum atomic E-state index is -1.19. The Balaban J connectivity index is 2.28. The van der Waals surface area contributed by atoms with Crippen LogP contribution in [0.3, 0.4) is 0 Å². The molecule has 19 heavy (non-hydrogen) atoms. The van der Waals surface area contributed by atoms with Gasteiger partial charge in [-0.05, 0) is 24.3 Å². The summed E-state index contributed by atoms with van der Waals surface area (Å²) in [5.74, 6) is -3.60. The Morgan fingerprint density at radius 2 is 2.05 bits per heavy atom. The summed E-state index contributed by atoms with van der Waals surface area (Å²) in [5, 5.41) is 8.66. The fourth-order valence-corrected chi connectivity index (χ4v) is 1.71. The molecule has 1 aromatic heterocycles. The van der Waals surface area contributed by atoms with E-state index < -0.39 is 17.6 Å². The molecule has 0 radical (unpaired) electrons. The van der Waals surface area contributed by atoms with Gasteiger partial charge in [0, 0.05) is 4.47 Å². The van der Waals surface area contributed by atoms with Crippen LogP contribution in [-0.2, 0) is 0 Å². The molecule has 0 aliphatic heterocycles. The monoisotopic (exact) mass is 329 g/mol. The van der Waals surface area contributed by atoms with Crippen molar-refractivity contribution in [3.05, 3.63) is 52.3 Å². The maximum absolute atomic E-state index is 13.4. The first-order valence-electron chi connectivity index (χ1n) is 4.99. The predicted octanol–water partition coefficient (Wildman–Crippen LogP) is 3.61. The summed E-state index contributed by atoms with van der Waals surface area (Å²) >= 11 is 3.01. The molecule has 0 spiro atoms. The van der Waals surface area contributed by atoms with Gasteiger partial charge in [-0.3, -0.25) is 0 Å². The number of ether oxygens (including phenoxy) is 1. The lowest BCUT2D eigenvalue weighted by atomic mass is 10.3. The number of nitrogens with zero attached hydrogens (tertiary/aromatic N) is 1. The number of carboxylic acids is 1. The first-order chi connectivity index (χ1) is 8.97. The topological polar surface area (TPSA) is 59.4 Å². The summed E-state index contributed by atoms with van der Waals surface area (Å²) < 4.78 is 32.0. The highest BCUT2D eigenvalue weighted by Gasteiger charge is 2.13. The number of halogens is 3. The predicted molar refractivity (Wildman–Crippen MR) is 65.3 cm³/mol. The Morgan fingerprint density at radius 1 is 1.32 bits per heavy atom. The molecule has 0 bridgehead atoms. The summed E-state index contributed by atoms with van der Waals surface area (Å²) in [6.07, 6.45) is 1.11. The first-order valence-corrected chi connectivity index (χ1v) is 5.78. The smallest absolute Gasteiger partial charge is 0.354 e. The maximum atomic E-state index is 13.4. The number of carbonyl (C=O) groups is 1. The van der Waals surface area contributed by atoms with E-state index in [2.05, 4.69) is 20.9 Å². The van der Waals surface area contributed by atoms with Crippen LogP contribution in [0.15, 0.2) is 34.9 Å². The average molecular weight is 330 g/mol. The lowest BCUT2D eigenvalue weighted by molar-refractivity contribution is 0.0690. The normalized spacial score (nSPS) is 10.3. The van der Waals surface area contributed by atoms with E-state index in [1.165, 1.54) is 18.2 Å². The molecular weight excluding hydrogens is 324 g/mol. The fraction of sp³-hybridized carbons (Fsp3) is 0. The van der Waals surface area contributed by atoms with E-state index in [1.54, 1.807) is 0 Å². The van der Waals surface area contributed by atoms with Gasteiger partial charge in [-0.2, -0.15) is 4.39 Å². The summed E-state index contributed by atoms with van der Waals surface area (Å²) in [7, 11) is 0. The van der Waals surface area contributed by atoms with E-state index in [0.717, 1.165) is 12.3 Å². The second kappa shape index (κ2) is 5.31. The van der Waals surface area contributed by atoms with Crippen molar-refractivity contribution in [2.24, 2.45) is 0 Å². The Hall–Kier alpha value is -2.02. The van der Waals surface area contributed by atoms with Crippen LogP contribution in [0.25, 0.3) is 0 Å². The maximum Gasteiger partial charge on any atom is 0.354 e. The van der Waals surface area contributed by atoms with E-state index in [1.807, 2.05) is 0 Å². The van der Waals surface area contributed by atoms with Crippen molar-refractivity contribution in [1.29, 1.82) is 0 Å². The highest BCUT2D eigenvalue weighted by molar-refractivity contribution is 9.10. The van der Waals surface area contributed by atoms with Crippen molar-refractivity contribution in [2.45, 2.75) is 0 Å². The van der Waals surface area contributed by atoms with Crippen LogP contribution in [-0.4, -0.2) is 16.1 Å². The van der Waals surface area contributed by atoms with Gasteiger partial charge in [0.15, 0.2) is 11.6 Å². The molecule has 0 saturated heterocycles. The van der Waals surface area contributed by atoms with Crippen molar-refractivity contribution in [3.63, 3.8) is 0 Å². The van der Waals surface area contributed by atoms with Crippen molar-refractivity contribution < 1.29 is 23.4 Å². The number of aromatic carboxylic acids is 1. The van der Waals surface area contributed by atoms with Crippen LogP contribution in [0.1, 0.15) is 10.5 Å². The summed E-state index contributed by atoms with van der Waals surface area (Å²) in [5.41, 5.74) is -0.173. The van der Waals surface area contributed by atoms with Crippen molar-refractivity contribution in [2.75, 3.05) is 0 Å². The third kappa shape index (κ3) is 3.05. The molecule has 7 heteroatoms. The number of hydrogen-bond donors (Lipinski definition) is 1. The van der Waals surface area contributed by atoms with Crippen LogP contribution in [0, 0.1) is 11.6 Å². The van der Waals surface area contributed by atoms with Gasteiger partial charge in [0.05, 0.1) is 6.20 Å². The quantitative estimate of drug-likeness (QED) is 0.874. The molecule has 1 N–H and O–H groups in total. The molecule has 0 saturated carbocycles. The molecule has 4 nitrogen and oxygen atoms in total. The lowest BCUT2D eigenvalue weighted by Gasteiger charge is -2.07. The van der Waals surface area contributed by atoms with Gasteiger partial charge in [0.25, 0.3) is 0 Å². The van der Waals surface area contributed by atoms with Gasteiger partial charge >= 0.3 is 5.97 Å². The molecule has 0 aliphatic rings. The van der Waals surface area contributed by atoms with Crippen molar-refractivity contribution >= 4 is 21.9 Å². The van der Waals surface area contributed by atoms with Gasteiger partial charge in [0.1, 0.15) is 11.4 Å². The van der Waals surface area contributed by atoms with Crippen LogP contribution >= 0.6 is 15.9 Å². The van der Waals surface area contributed by atoms with E-state index in [4.69, 9.17) is 9.84 Å². The third-order valence-electron chi connectivity index (χ3n) is 2.14. The zero-order chi connectivity index (χ0) is 14.0.